The number of rotatable bonds is 5. The van der Waals surface area contributed by atoms with Crippen molar-refractivity contribution in [3.63, 3.8) is 0 Å². The van der Waals surface area contributed by atoms with E-state index < -0.39 is 0 Å². The van der Waals surface area contributed by atoms with E-state index in [2.05, 4.69) is 21.9 Å². The lowest BCUT2D eigenvalue weighted by molar-refractivity contribution is 0.124. The highest BCUT2D eigenvalue weighted by Crippen LogP contribution is 2.18. The van der Waals surface area contributed by atoms with Crippen LogP contribution in [0.3, 0.4) is 0 Å². The van der Waals surface area contributed by atoms with Crippen molar-refractivity contribution in [2.75, 3.05) is 0 Å². The van der Waals surface area contributed by atoms with E-state index in [1.54, 1.807) is 0 Å². The van der Waals surface area contributed by atoms with Crippen LogP contribution in [0.25, 0.3) is 11.4 Å². The molecule has 0 radical (unpaired) electrons. The zero-order chi connectivity index (χ0) is 12.1. The van der Waals surface area contributed by atoms with Crippen LogP contribution in [-0.4, -0.2) is 10.1 Å². The van der Waals surface area contributed by atoms with Crippen molar-refractivity contribution in [3.8, 4) is 11.4 Å². The number of nitrogens with zero attached hydrogens (tertiary/aromatic N) is 2. The van der Waals surface area contributed by atoms with Gasteiger partial charge in [-0.3, -0.25) is 4.84 Å². The van der Waals surface area contributed by atoms with Gasteiger partial charge < -0.3 is 4.52 Å². The van der Waals surface area contributed by atoms with Crippen molar-refractivity contribution in [2.45, 2.75) is 26.4 Å². The SMILES string of the molecule is CCCc1nc(-c2cccc(CON)c2)no1. The Morgan fingerprint density at radius 3 is 3.06 bits per heavy atom. The lowest BCUT2D eigenvalue weighted by atomic mass is 10.1. The molecule has 90 valence electrons. The number of aromatic nitrogens is 2. The van der Waals surface area contributed by atoms with Crippen LogP contribution in [-0.2, 0) is 17.9 Å². The zero-order valence-electron chi connectivity index (χ0n) is 9.72. The zero-order valence-corrected chi connectivity index (χ0v) is 9.72. The summed E-state index contributed by atoms with van der Waals surface area (Å²) in [6.45, 7) is 2.44. The number of nitrogens with two attached hydrogens (primary N) is 1. The molecule has 2 rings (SSSR count). The second-order valence-electron chi connectivity index (χ2n) is 3.77. The van der Waals surface area contributed by atoms with Crippen LogP contribution in [0.2, 0.25) is 0 Å². The number of aryl methyl sites for hydroxylation is 1. The molecular weight excluding hydrogens is 218 g/mol. The molecule has 0 bridgehead atoms. The quantitative estimate of drug-likeness (QED) is 0.800. The van der Waals surface area contributed by atoms with Crippen LogP contribution in [0.15, 0.2) is 28.8 Å². The average Bonchev–Trinajstić information content (AvgIpc) is 2.79. The highest BCUT2D eigenvalue weighted by atomic mass is 16.6. The van der Waals surface area contributed by atoms with Crippen LogP contribution < -0.4 is 5.90 Å². The number of benzene rings is 1. The molecule has 0 saturated carbocycles. The Labute approximate surface area is 99.5 Å². The van der Waals surface area contributed by atoms with Gasteiger partial charge >= 0.3 is 0 Å². The fourth-order valence-corrected chi connectivity index (χ4v) is 1.58. The maximum Gasteiger partial charge on any atom is 0.226 e. The molecular formula is C12H15N3O2. The Kier molecular flexibility index (Phi) is 3.85. The summed E-state index contributed by atoms with van der Waals surface area (Å²) in [6.07, 6.45) is 1.79. The first-order chi connectivity index (χ1) is 8.33. The lowest BCUT2D eigenvalue weighted by Gasteiger charge is -2.00. The minimum atomic E-state index is 0.369. The van der Waals surface area contributed by atoms with E-state index in [0.29, 0.717) is 18.3 Å². The molecule has 0 aliphatic carbocycles. The monoisotopic (exact) mass is 233 g/mol. The van der Waals surface area contributed by atoms with Gasteiger partial charge in [0, 0.05) is 12.0 Å². The van der Waals surface area contributed by atoms with Crippen LogP contribution in [0.1, 0.15) is 24.8 Å². The van der Waals surface area contributed by atoms with Crippen LogP contribution >= 0.6 is 0 Å². The molecule has 2 N–H and O–H groups in total. The summed E-state index contributed by atoms with van der Waals surface area (Å²) in [5.41, 5.74) is 1.89. The van der Waals surface area contributed by atoms with Crippen molar-refractivity contribution in [1.82, 2.24) is 10.1 Å². The first kappa shape index (κ1) is 11.8. The average molecular weight is 233 g/mol. The minimum absolute atomic E-state index is 0.369. The second kappa shape index (κ2) is 5.56. The third-order valence-electron chi connectivity index (χ3n) is 2.37. The van der Waals surface area contributed by atoms with E-state index >= 15 is 0 Å². The van der Waals surface area contributed by atoms with Gasteiger partial charge in [0.1, 0.15) is 0 Å². The molecule has 5 nitrogen and oxygen atoms in total. The summed E-state index contributed by atoms with van der Waals surface area (Å²) in [7, 11) is 0. The predicted octanol–water partition coefficient (Wildman–Crippen LogP) is 2.08. The van der Waals surface area contributed by atoms with Crippen molar-refractivity contribution in [1.29, 1.82) is 0 Å². The van der Waals surface area contributed by atoms with Crippen LogP contribution in [0.5, 0.6) is 0 Å². The van der Waals surface area contributed by atoms with Crippen molar-refractivity contribution in [2.24, 2.45) is 5.90 Å². The maximum absolute atomic E-state index is 5.14. The summed E-state index contributed by atoms with van der Waals surface area (Å²) in [6, 6.07) is 7.72. The largest absolute Gasteiger partial charge is 0.339 e. The van der Waals surface area contributed by atoms with Gasteiger partial charge in [0.2, 0.25) is 11.7 Å². The molecule has 0 aliphatic rings. The molecule has 0 spiro atoms. The maximum atomic E-state index is 5.14. The summed E-state index contributed by atoms with van der Waals surface area (Å²) >= 11 is 0. The van der Waals surface area contributed by atoms with Gasteiger partial charge in [-0.15, -0.1) is 0 Å². The Morgan fingerprint density at radius 1 is 1.41 bits per heavy atom. The van der Waals surface area contributed by atoms with Crippen molar-refractivity contribution in [3.05, 3.63) is 35.7 Å². The van der Waals surface area contributed by atoms with Crippen molar-refractivity contribution < 1.29 is 9.36 Å². The standard InChI is InChI=1S/C12H15N3O2/c1-2-4-11-14-12(15-17-11)10-6-3-5-9(7-10)8-16-13/h3,5-7H,2,4,8,13H2,1H3. The predicted molar refractivity (Wildman–Crippen MR) is 62.7 cm³/mol. The highest BCUT2D eigenvalue weighted by Gasteiger charge is 2.08. The molecule has 5 heteroatoms. The molecule has 0 fully saturated rings. The smallest absolute Gasteiger partial charge is 0.226 e. The number of hydrogen-bond acceptors (Lipinski definition) is 5. The molecule has 1 aromatic carbocycles. The molecule has 0 saturated heterocycles. The van der Waals surface area contributed by atoms with Gasteiger partial charge in [-0.1, -0.05) is 30.3 Å². The summed E-state index contributed by atoms with van der Waals surface area (Å²) in [5, 5.41) is 3.95. The Hall–Kier alpha value is -1.72. The van der Waals surface area contributed by atoms with Gasteiger partial charge in [-0.25, -0.2) is 5.90 Å². The van der Waals surface area contributed by atoms with Gasteiger partial charge in [0.25, 0.3) is 0 Å². The summed E-state index contributed by atoms with van der Waals surface area (Å²) in [5.74, 6) is 6.32. The summed E-state index contributed by atoms with van der Waals surface area (Å²) in [4.78, 5) is 8.92. The second-order valence-corrected chi connectivity index (χ2v) is 3.77. The van der Waals surface area contributed by atoms with Gasteiger partial charge in [-0.05, 0) is 18.1 Å². The van der Waals surface area contributed by atoms with Crippen LogP contribution in [0, 0.1) is 0 Å². The van der Waals surface area contributed by atoms with E-state index in [1.165, 1.54) is 0 Å². The topological polar surface area (TPSA) is 74.2 Å². The van der Waals surface area contributed by atoms with Gasteiger partial charge in [0.15, 0.2) is 0 Å². The molecule has 17 heavy (non-hydrogen) atoms. The molecule has 0 amide bonds. The molecule has 2 aromatic rings. The van der Waals surface area contributed by atoms with E-state index in [9.17, 15) is 0 Å². The lowest BCUT2D eigenvalue weighted by Crippen LogP contribution is -1.98. The third kappa shape index (κ3) is 2.89. The highest BCUT2D eigenvalue weighted by molar-refractivity contribution is 5.55. The Bertz CT molecular complexity index is 482. The summed E-state index contributed by atoms with van der Waals surface area (Å²) < 4.78 is 5.14. The van der Waals surface area contributed by atoms with Gasteiger partial charge in [0.05, 0.1) is 6.61 Å². The van der Waals surface area contributed by atoms with Gasteiger partial charge in [-0.2, -0.15) is 4.98 Å². The molecule has 0 unspecified atom stereocenters. The Balaban J connectivity index is 2.22. The Morgan fingerprint density at radius 2 is 2.29 bits per heavy atom. The van der Waals surface area contributed by atoms with E-state index in [0.717, 1.165) is 24.0 Å². The normalized spacial score (nSPS) is 10.7. The molecule has 1 aromatic heterocycles. The van der Waals surface area contributed by atoms with E-state index in [4.69, 9.17) is 10.4 Å². The fourth-order valence-electron chi connectivity index (χ4n) is 1.58. The van der Waals surface area contributed by atoms with Crippen molar-refractivity contribution >= 4 is 0 Å². The first-order valence-corrected chi connectivity index (χ1v) is 5.57. The van der Waals surface area contributed by atoms with Crippen LogP contribution in [0.4, 0.5) is 0 Å². The molecule has 0 aliphatic heterocycles. The minimum Gasteiger partial charge on any atom is -0.339 e. The van der Waals surface area contributed by atoms with E-state index in [-0.39, 0.29) is 0 Å². The fraction of sp³-hybridized carbons (Fsp3) is 0.333. The first-order valence-electron chi connectivity index (χ1n) is 5.57. The number of hydrogen-bond donors (Lipinski definition) is 1. The molecule has 0 atom stereocenters. The van der Waals surface area contributed by atoms with E-state index in [1.807, 2.05) is 24.3 Å². The molecule has 1 heterocycles. The third-order valence-corrected chi connectivity index (χ3v) is 2.37.